The summed E-state index contributed by atoms with van der Waals surface area (Å²) in [5, 5.41) is 21.6. The van der Waals surface area contributed by atoms with Gasteiger partial charge in [0.05, 0.1) is 0 Å². The number of aromatic hydroxyl groups is 2. The second-order valence-electron chi connectivity index (χ2n) is 3.87. The van der Waals surface area contributed by atoms with E-state index >= 15 is 0 Å². The molecular formula is C11H14FNO2. The Morgan fingerprint density at radius 3 is 2.67 bits per heavy atom. The monoisotopic (exact) mass is 211 g/mol. The number of piperidine rings is 1. The van der Waals surface area contributed by atoms with Crippen molar-refractivity contribution < 1.29 is 14.6 Å². The van der Waals surface area contributed by atoms with Crippen LogP contribution in [0.1, 0.15) is 30.9 Å². The molecule has 0 aromatic heterocycles. The van der Waals surface area contributed by atoms with Gasteiger partial charge in [0.15, 0.2) is 17.3 Å². The molecule has 0 radical (unpaired) electrons. The molecule has 0 bridgehead atoms. The molecule has 3 nitrogen and oxygen atoms in total. The summed E-state index contributed by atoms with van der Waals surface area (Å²) < 4.78 is 13.2. The summed E-state index contributed by atoms with van der Waals surface area (Å²) in [6, 6.07) is 2.78. The van der Waals surface area contributed by atoms with E-state index in [1.807, 2.05) is 0 Å². The van der Waals surface area contributed by atoms with Crippen molar-refractivity contribution in [2.45, 2.75) is 25.3 Å². The lowest BCUT2D eigenvalue weighted by molar-refractivity contribution is 0.371. The second-order valence-corrected chi connectivity index (χ2v) is 3.87. The fourth-order valence-electron chi connectivity index (χ4n) is 1.94. The Kier molecular flexibility index (Phi) is 2.77. The van der Waals surface area contributed by atoms with E-state index in [2.05, 4.69) is 5.32 Å². The number of hydrogen-bond acceptors (Lipinski definition) is 3. The lowest BCUT2D eigenvalue weighted by Gasteiger charge is -2.24. The molecule has 1 heterocycles. The molecule has 82 valence electrons. The van der Waals surface area contributed by atoms with Crippen molar-refractivity contribution in [3.05, 3.63) is 23.5 Å². The second kappa shape index (κ2) is 4.06. The predicted molar refractivity (Wildman–Crippen MR) is 54.3 cm³/mol. The van der Waals surface area contributed by atoms with Crippen LogP contribution in [-0.2, 0) is 0 Å². The van der Waals surface area contributed by atoms with Crippen LogP contribution >= 0.6 is 0 Å². The minimum atomic E-state index is -0.766. The first kappa shape index (κ1) is 10.2. The van der Waals surface area contributed by atoms with Crippen LogP contribution in [0.15, 0.2) is 12.1 Å². The first-order valence-corrected chi connectivity index (χ1v) is 5.13. The molecule has 1 aliphatic rings. The van der Waals surface area contributed by atoms with Crippen LogP contribution in [0.25, 0.3) is 0 Å². The highest BCUT2D eigenvalue weighted by Gasteiger charge is 2.18. The summed E-state index contributed by atoms with van der Waals surface area (Å²) in [5.41, 5.74) is 0.697. The summed E-state index contributed by atoms with van der Waals surface area (Å²) in [7, 11) is 0. The smallest absolute Gasteiger partial charge is 0.194 e. The van der Waals surface area contributed by atoms with E-state index in [-0.39, 0.29) is 6.04 Å². The minimum Gasteiger partial charge on any atom is -0.504 e. The summed E-state index contributed by atoms with van der Waals surface area (Å²) >= 11 is 0. The Hall–Kier alpha value is -1.29. The van der Waals surface area contributed by atoms with E-state index in [1.165, 1.54) is 12.1 Å². The van der Waals surface area contributed by atoms with Gasteiger partial charge in [-0.15, -0.1) is 0 Å². The highest BCUT2D eigenvalue weighted by molar-refractivity contribution is 5.43. The molecule has 1 fully saturated rings. The highest BCUT2D eigenvalue weighted by Crippen LogP contribution is 2.33. The number of halogens is 1. The Bertz CT molecular complexity index is 339. The van der Waals surface area contributed by atoms with Crippen LogP contribution in [0.2, 0.25) is 0 Å². The molecule has 1 atom stereocenters. The van der Waals surface area contributed by atoms with Crippen molar-refractivity contribution in [1.82, 2.24) is 5.32 Å². The molecule has 3 N–H and O–H groups in total. The van der Waals surface area contributed by atoms with Gasteiger partial charge in [0.1, 0.15) is 0 Å². The molecular weight excluding hydrogens is 197 g/mol. The van der Waals surface area contributed by atoms with E-state index < -0.39 is 17.3 Å². The maximum atomic E-state index is 13.2. The SMILES string of the molecule is Oc1cc(C2CCCCN2)cc(F)c1O. The molecule has 2 rings (SSSR count). The van der Waals surface area contributed by atoms with Gasteiger partial charge >= 0.3 is 0 Å². The molecule has 4 heteroatoms. The third kappa shape index (κ3) is 2.04. The zero-order valence-electron chi connectivity index (χ0n) is 8.33. The fraction of sp³-hybridized carbons (Fsp3) is 0.455. The van der Waals surface area contributed by atoms with Crippen molar-refractivity contribution in [3.63, 3.8) is 0 Å². The topological polar surface area (TPSA) is 52.5 Å². The van der Waals surface area contributed by atoms with Gasteiger partial charge in [-0.1, -0.05) is 6.42 Å². The van der Waals surface area contributed by atoms with E-state index in [1.54, 1.807) is 0 Å². The molecule has 0 spiro atoms. The third-order valence-electron chi connectivity index (χ3n) is 2.78. The molecule has 1 aliphatic heterocycles. The number of benzene rings is 1. The first-order chi connectivity index (χ1) is 7.18. The number of hydrogen-bond donors (Lipinski definition) is 3. The number of phenolic OH excluding ortho intramolecular Hbond substituents is 2. The molecule has 1 saturated heterocycles. The van der Waals surface area contributed by atoms with Crippen molar-refractivity contribution in [2.75, 3.05) is 6.54 Å². The van der Waals surface area contributed by atoms with Gasteiger partial charge in [-0.2, -0.15) is 0 Å². The maximum Gasteiger partial charge on any atom is 0.194 e. The van der Waals surface area contributed by atoms with Gasteiger partial charge in [-0.25, -0.2) is 4.39 Å². The molecule has 1 unspecified atom stereocenters. The Morgan fingerprint density at radius 1 is 1.27 bits per heavy atom. The fourth-order valence-corrected chi connectivity index (χ4v) is 1.94. The third-order valence-corrected chi connectivity index (χ3v) is 2.78. The quantitative estimate of drug-likeness (QED) is 0.623. The first-order valence-electron chi connectivity index (χ1n) is 5.13. The number of nitrogens with one attached hydrogen (secondary N) is 1. The van der Waals surface area contributed by atoms with E-state index in [9.17, 15) is 9.50 Å². The summed E-state index contributed by atoms with van der Waals surface area (Å²) in [6.07, 6.45) is 3.16. The van der Waals surface area contributed by atoms with Crippen LogP contribution in [-0.4, -0.2) is 16.8 Å². The lowest BCUT2D eigenvalue weighted by Crippen LogP contribution is -2.26. The van der Waals surface area contributed by atoms with E-state index in [0.29, 0.717) is 5.56 Å². The number of rotatable bonds is 1. The minimum absolute atomic E-state index is 0.0831. The van der Waals surface area contributed by atoms with Gasteiger partial charge in [-0.05, 0) is 37.1 Å². The van der Waals surface area contributed by atoms with Gasteiger partial charge < -0.3 is 15.5 Å². The summed E-state index contributed by atoms with van der Waals surface area (Å²) in [6.45, 7) is 0.911. The molecule has 1 aromatic rings. The highest BCUT2D eigenvalue weighted by atomic mass is 19.1. The maximum absolute atomic E-state index is 13.2. The largest absolute Gasteiger partial charge is 0.504 e. The Balaban J connectivity index is 2.27. The average Bonchev–Trinajstić information content (AvgIpc) is 2.26. The summed E-state index contributed by atoms with van der Waals surface area (Å²) in [5.74, 6) is -1.83. The lowest BCUT2D eigenvalue weighted by atomic mass is 9.97. The van der Waals surface area contributed by atoms with E-state index in [0.717, 1.165) is 25.8 Å². The Labute approximate surface area is 87.6 Å². The number of phenols is 2. The van der Waals surface area contributed by atoms with Crippen molar-refractivity contribution in [1.29, 1.82) is 0 Å². The zero-order chi connectivity index (χ0) is 10.8. The van der Waals surface area contributed by atoms with E-state index in [4.69, 9.17) is 5.11 Å². The van der Waals surface area contributed by atoms with Crippen LogP contribution in [0.3, 0.4) is 0 Å². The normalized spacial score (nSPS) is 21.5. The standard InChI is InChI=1S/C11H14FNO2/c12-8-5-7(6-10(14)11(8)15)9-3-1-2-4-13-9/h5-6,9,13-15H,1-4H2. The molecule has 0 saturated carbocycles. The van der Waals surface area contributed by atoms with Gasteiger partial charge in [-0.3, -0.25) is 0 Å². The predicted octanol–water partition coefficient (Wildman–Crippen LogP) is 2.05. The molecule has 15 heavy (non-hydrogen) atoms. The average molecular weight is 211 g/mol. The van der Waals surface area contributed by atoms with Crippen LogP contribution in [0, 0.1) is 5.82 Å². The molecule has 0 aliphatic carbocycles. The van der Waals surface area contributed by atoms with Crippen molar-refractivity contribution >= 4 is 0 Å². The van der Waals surface area contributed by atoms with Crippen LogP contribution in [0.4, 0.5) is 4.39 Å². The van der Waals surface area contributed by atoms with Crippen molar-refractivity contribution in [3.8, 4) is 11.5 Å². The zero-order valence-corrected chi connectivity index (χ0v) is 8.33. The van der Waals surface area contributed by atoms with Gasteiger partial charge in [0.25, 0.3) is 0 Å². The van der Waals surface area contributed by atoms with Crippen LogP contribution < -0.4 is 5.32 Å². The van der Waals surface area contributed by atoms with Gasteiger partial charge in [0, 0.05) is 6.04 Å². The van der Waals surface area contributed by atoms with Crippen molar-refractivity contribution in [2.24, 2.45) is 0 Å². The van der Waals surface area contributed by atoms with Gasteiger partial charge in [0.2, 0.25) is 0 Å². The van der Waals surface area contributed by atoms with Crippen LogP contribution in [0.5, 0.6) is 11.5 Å². The molecule has 1 aromatic carbocycles. The Morgan fingerprint density at radius 2 is 2.07 bits per heavy atom. The summed E-state index contributed by atoms with van der Waals surface area (Å²) in [4.78, 5) is 0. The molecule has 0 amide bonds.